The predicted octanol–water partition coefficient (Wildman–Crippen LogP) is 4.23. The minimum absolute atomic E-state index is 0.367. The molecule has 19 heavy (non-hydrogen) atoms. The highest BCUT2D eigenvalue weighted by Gasteiger charge is 2.44. The van der Waals surface area contributed by atoms with Crippen LogP contribution in [0.2, 0.25) is 0 Å². The van der Waals surface area contributed by atoms with Gasteiger partial charge < -0.3 is 9.84 Å². The SMILES string of the molecule is CCCC1OC1C1CCC(c2ccc(O)cc2)CC1. The van der Waals surface area contributed by atoms with Crippen molar-refractivity contribution >= 4 is 0 Å². The van der Waals surface area contributed by atoms with Crippen molar-refractivity contribution in [2.45, 2.75) is 63.6 Å². The first kappa shape index (κ1) is 13.0. The van der Waals surface area contributed by atoms with Crippen LogP contribution >= 0.6 is 0 Å². The maximum Gasteiger partial charge on any atom is 0.115 e. The van der Waals surface area contributed by atoms with Crippen LogP contribution in [0.1, 0.15) is 56.9 Å². The predicted molar refractivity (Wildman–Crippen MR) is 76.4 cm³/mol. The van der Waals surface area contributed by atoms with Gasteiger partial charge in [0.15, 0.2) is 0 Å². The number of epoxide rings is 1. The Morgan fingerprint density at radius 3 is 2.42 bits per heavy atom. The molecule has 0 amide bonds. The van der Waals surface area contributed by atoms with Gasteiger partial charge in [0.2, 0.25) is 0 Å². The van der Waals surface area contributed by atoms with Crippen molar-refractivity contribution in [3.63, 3.8) is 0 Å². The fraction of sp³-hybridized carbons (Fsp3) is 0.647. The van der Waals surface area contributed by atoms with E-state index >= 15 is 0 Å². The zero-order chi connectivity index (χ0) is 13.2. The topological polar surface area (TPSA) is 32.8 Å². The average Bonchev–Trinajstić information content (AvgIpc) is 3.20. The molecule has 1 aromatic rings. The van der Waals surface area contributed by atoms with Crippen LogP contribution < -0.4 is 0 Å². The van der Waals surface area contributed by atoms with Crippen molar-refractivity contribution in [2.75, 3.05) is 0 Å². The molecule has 2 atom stereocenters. The van der Waals surface area contributed by atoms with Crippen molar-refractivity contribution < 1.29 is 9.84 Å². The Morgan fingerprint density at radius 2 is 1.79 bits per heavy atom. The van der Waals surface area contributed by atoms with E-state index in [-0.39, 0.29) is 0 Å². The van der Waals surface area contributed by atoms with Crippen molar-refractivity contribution in [3.05, 3.63) is 29.8 Å². The Balaban J connectivity index is 1.51. The summed E-state index contributed by atoms with van der Waals surface area (Å²) in [5, 5.41) is 9.34. The standard InChI is InChI=1S/C17H24O2/c1-2-3-16-17(19-16)14-6-4-12(5-7-14)13-8-10-15(18)11-9-13/h8-12,14,16-18H,2-7H2,1H3. The van der Waals surface area contributed by atoms with Crippen LogP contribution in [0.5, 0.6) is 5.75 Å². The second-order valence-corrected chi connectivity index (χ2v) is 6.13. The molecule has 0 aromatic heterocycles. The van der Waals surface area contributed by atoms with Crippen LogP contribution in [-0.2, 0) is 4.74 Å². The molecular weight excluding hydrogens is 236 g/mol. The van der Waals surface area contributed by atoms with Crippen molar-refractivity contribution in [1.82, 2.24) is 0 Å². The number of ether oxygens (including phenoxy) is 1. The highest BCUT2D eigenvalue weighted by molar-refractivity contribution is 5.28. The van der Waals surface area contributed by atoms with Crippen molar-refractivity contribution in [1.29, 1.82) is 0 Å². The number of rotatable bonds is 4. The van der Waals surface area contributed by atoms with Gasteiger partial charge in [-0.3, -0.25) is 0 Å². The first-order valence-corrected chi connectivity index (χ1v) is 7.72. The maximum atomic E-state index is 9.34. The molecule has 1 aromatic carbocycles. The van der Waals surface area contributed by atoms with Crippen molar-refractivity contribution in [2.24, 2.45) is 5.92 Å². The summed E-state index contributed by atoms with van der Waals surface area (Å²) in [6.45, 7) is 2.24. The van der Waals surface area contributed by atoms with Crippen LogP contribution in [0.15, 0.2) is 24.3 Å². The molecule has 104 valence electrons. The Hall–Kier alpha value is -1.02. The summed E-state index contributed by atoms with van der Waals surface area (Å²) < 4.78 is 5.82. The van der Waals surface area contributed by atoms with E-state index in [2.05, 4.69) is 19.1 Å². The van der Waals surface area contributed by atoms with Crippen LogP contribution in [0.25, 0.3) is 0 Å². The van der Waals surface area contributed by atoms with E-state index < -0.39 is 0 Å². The Bertz CT molecular complexity index is 404. The van der Waals surface area contributed by atoms with E-state index in [9.17, 15) is 5.11 Å². The maximum absolute atomic E-state index is 9.34. The van der Waals surface area contributed by atoms with Gasteiger partial charge in [-0.1, -0.05) is 25.5 Å². The number of hydrogen-bond donors (Lipinski definition) is 1. The van der Waals surface area contributed by atoms with Crippen LogP contribution in [0, 0.1) is 5.92 Å². The number of phenols is 1. The van der Waals surface area contributed by atoms with Gasteiger partial charge in [-0.2, -0.15) is 0 Å². The van der Waals surface area contributed by atoms with Crippen molar-refractivity contribution in [3.8, 4) is 5.75 Å². The molecule has 1 saturated heterocycles. The lowest BCUT2D eigenvalue weighted by Crippen LogP contribution is -2.19. The van der Waals surface area contributed by atoms with E-state index in [1.807, 2.05) is 12.1 Å². The lowest BCUT2D eigenvalue weighted by atomic mass is 9.77. The third-order valence-electron chi connectivity index (χ3n) is 4.80. The third-order valence-corrected chi connectivity index (χ3v) is 4.80. The first-order valence-electron chi connectivity index (χ1n) is 7.72. The molecule has 1 N–H and O–H groups in total. The lowest BCUT2D eigenvalue weighted by Gasteiger charge is -2.28. The second-order valence-electron chi connectivity index (χ2n) is 6.13. The molecule has 2 aliphatic rings. The normalized spacial score (nSPS) is 34.2. The molecule has 2 nitrogen and oxygen atoms in total. The van der Waals surface area contributed by atoms with Gasteiger partial charge in [-0.05, 0) is 61.6 Å². The fourth-order valence-electron chi connectivity index (χ4n) is 3.62. The summed E-state index contributed by atoms with van der Waals surface area (Å²) in [5.74, 6) is 1.84. The largest absolute Gasteiger partial charge is 0.508 e. The molecule has 2 unspecified atom stereocenters. The Labute approximate surface area is 115 Å². The van der Waals surface area contributed by atoms with Gasteiger partial charge in [0, 0.05) is 0 Å². The minimum Gasteiger partial charge on any atom is -0.508 e. The fourth-order valence-corrected chi connectivity index (χ4v) is 3.62. The van der Waals surface area contributed by atoms with Crippen LogP contribution in [0.4, 0.5) is 0 Å². The minimum atomic E-state index is 0.367. The summed E-state index contributed by atoms with van der Waals surface area (Å²) in [6, 6.07) is 7.77. The molecule has 0 spiro atoms. The van der Waals surface area contributed by atoms with E-state index in [1.54, 1.807) is 0 Å². The van der Waals surface area contributed by atoms with Crippen LogP contribution in [0.3, 0.4) is 0 Å². The van der Waals surface area contributed by atoms with E-state index in [0.29, 0.717) is 23.9 Å². The molecule has 0 radical (unpaired) electrons. The molecule has 2 heteroatoms. The Morgan fingerprint density at radius 1 is 1.11 bits per heavy atom. The van der Waals surface area contributed by atoms with Gasteiger partial charge in [0.05, 0.1) is 12.2 Å². The summed E-state index contributed by atoms with van der Waals surface area (Å²) in [6.07, 6.45) is 8.77. The van der Waals surface area contributed by atoms with Gasteiger partial charge in [-0.25, -0.2) is 0 Å². The summed E-state index contributed by atoms with van der Waals surface area (Å²) in [4.78, 5) is 0. The number of hydrogen-bond acceptors (Lipinski definition) is 2. The van der Waals surface area contributed by atoms with Gasteiger partial charge in [0.1, 0.15) is 5.75 Å². The highest BCUT2D eigenvalue weighted by atomic mass is 16.6. The zero-order valence-corrected chi connectivity index (χ0v) is 11.7. The molecular formula is C17H24O2. The monoisotopic (exact) mass is 260 g/mol. The number of aromatic hydroxyl groups is 1. The van der Waals surface area contributed by atoms with E-state index in [4.69, 9.17) is 4.74 Å². The van der Waals surface area contributed by atoms with Gasteiger partial charge >= 0.3 is 0 Å². The molecule has 1 aliphatic carbocycles. The number of phenolic OH excluding ortho intramolecular Hbond substituents is 1. The molecule has 2 fully saturated rings. The smallest absolute Gasteiger partial charge is 0.115 e. The lowest BCUT2D eigenvalue weighted by molar-refractivity contribution is 0.248. The van der Waals surface area contributed by atoms with Crippen LogP contribution in [-0.4, -0.2) is 17.3 Å². The molecule has 1 heterocycles. The highest BCUT2D eigenvalue weighted by Crippen LogP contribution is 2.44. The summed E-state index contributed by atoms with van der Waals surface area (Å²) >= 11 is 0. The van der Waals surface area contributed by atoms with E-state index in [1.165, 1.54) is 44.1 Å². The molecule has 0 bridgehead atoms. The van der Waals surface area contributed by atoms with Gasteiger partial charge in [-0.15, -0.1) is 0 Å². The third kappa shape index (κ3) is 2.94. The van der Waals surface area contributed by atoms with Gasteiger partial charge in [0.25, 0.3) is 0 Å². The zero-order valence-electron chi connectivity index (χ0n) is 11.7. The quantitative estimate of drug-likeness (QED) is 0.822. The number of benzene rings is 1. The summed E-state index contributed by atoms with van der Waals surface area (Å²) in [7, 11) is 0. The second kappa shape index (κ2) is 5.54. The molecule has 1 aliphatic heterocycles. The average molecular weight is 260 g/mol. The first-order chi connectivity index (χ1) is 9.28. The molecule has 1 saturated carbocycles. The Kier molecular flexibility index (Phi) is 3.79. The summed E-state index contributed by atoms with van der Waals surface area (Å²) in [5.41, 5.74) is 1.39. The molecule has 3 rings (SSSR count). The van der Waals surface area contributed by atoms with E-state index in [0.717, 1.165) is 5.92 Å².